The van der Waals surface area contributed by atoms with Gasteiger partial charge in [0.05, 0.1) is 12.3 Å². The van der Waals surface area contributed by atoms with Crippen molar-refractivity contribution in [3.05, 3.63) is 23.8 Å². The molecular weight excluding hydrogens is 486 g/mol. The first-order chi connectivity index (χ1) is 18.1. The Morgan fingerprint density at radius 2 is 1.89 bits per heavy atom. The topological polar surface area (TPSA) is 113 Å². The minimum atomic E-state index is -0.622. The smallest absolute Gasteiger partial charge is 0.326 e. The highest BCUT2D eigenvalue weighted by Gasteiger charge is 2.26. The Hall–Kier alpha value is -3.30. The molecule has 1 heterocycles. The van der Waals surface area contributed by atoms with Gasteiger partial charge in [0.25, 0.3) is 0 Å². The maximum atomic E-state index is 12.6. The van der Waals surface area contributed by atoms with Gasteiger partial charge in [0.15, 0.2) is 0 Å². The number of benzene rings is 1. The summed E-state index contributed by atoms with van der Waals surface area (Å²) in [6.45, 7) is 8.42. The highest BCUT2D eigenvalue weighted by atomic mass is 16.6. The van der Waals surface area contributed by atoms with E-state index in [-0.39, 0.29) is 18.4 Å². The number of amides is 3. The van der Waals surface area contributed by atoms with E-state index in [0.717, 1.165) is 18.4 Å². The maximum absolute atomic E-state index is 12.6. The molecule has 0 bridgehead atoms. The minimum Gasteiger partial charge on any atom is -0.494 e. The lowest BCUT2D eigenvalue weighted by Crippen LogP contribution is -2.50. The monoisotopic (exact) mass is 529 g/mol. The third-order valence-corrected chi connectivity index (χ3v) is 6.56. The van der Waals surface area contributed by atoms with Crippen LogP contribution in [-0.4, -0.2) is 72.1 Å². The van der Waals surface area contributed by atoms with E-state index in [0.29, 0.717) is 50.0 Å². The average molecular weight is 530 g/mol. The van der Waals surface area contributed by atoms with Crippen molar-refractivity contribution in [2.24, 2.45) is 4.99 Å². The Labute approximate surface area is 226 Å². The summed E-state index contributed by atoms with van der Waals surface area (Å²) in [7, 11) is 1.92. The van der Waals surface area contributed by atoms with Gasteiger partial charge < -0.3 is 24.6 Å². The van der Waals surface area contributed by atoms with Gasteiger partial charge in [-0.2, -0.15) is 0 Å². The van der Waals surface area contributed by atoms with E-state index in [2.05, 4.69) is 15.6 Å². The fraction of sp³-hybridized carbons (Fsp3) is 0.643. The zero-order valence-corrected chi connectivity index (χ0v) is 23.5. The van der Waals surface area contributed by atoms with Gasteiger partial charge in [0.2, 0.25) is 11.9 Å². The van der Waals surface area contributed by atoms with Crippen molar-refractivity contribution in [2.45, 2.75) is 90.8 Å². The van der Waals surface area contributed by atoms with Crippen LogP contribution >= 0.6 is 0 Å². The Balaban J connectivity index is 1.60. The molecule has 1 aliphatic carbocycles. The summed E-state index contributed by atoms with van der Waals surface area (Å²) in [6, 6.07) is 5.52. The summed E-state index contributed by atoms with van der Waals surface area (Å²) in [6.07, 6.45) is 6.96. The number of guanidine groups is 1. The standard InChI is InChI=1S/C28H43N5O5/c1-6-29-27(36)31-26-30-23-15-14-22(17-20(23)18-33(26)19-25(35)38-28(2,3)4)37-16-10-13-24(34)32(5)21-11-8-7-9-12-21/h14-15,17,21H,6-13,16,18-19H2,1-5H3,(H2,29,30,31,36). The third-order valence-electron chi connectivity index (χ3n) is 6.56. The lowest BCUT2D eigenvalue weighted by molar-refractivity contribution is -0.155. The molecule has 0 spiro atoms. The van der Waals surface area contributed by atoms with Crippen molar-refractivity contribution in [1.29, 1.82) is 0 Å². The lowest BCUT2D eigenvalue weighted by atomic mass is 9.94. The molecule has 0 radical (unpaired) electrons. The number of nitrogens with zero attached hydrogens (tertiary/aromatic N) is 3. The molecule has 1 aromatic carbocycles. The Kier molecular flexibility index (Phi) is 10.4. The van der Waals surface area contributed by atoms with Crippen molar-refractivity contribution in [1.82, 2.24) is 20.4 Å². The van der Waals surface area contributed by atoms with E-state index >= 15 is 0 Å². The number of urea groups is 1. The summed E-state index contributed by atoms with van der Waals surface area (Å²) >= 11 is 0. The molecule has 38 heavy (non-hydrogen) atoms. The van der Waals surface area contributed by atoms with Crippen molar-refractivity contribution in [3.63, 3.8) is 0 Å². The second-order valence-electron chi connectivity index (χ2n) is 10.9. The number of carbonyl (C=O) groups excluding carboxylic acids is 3. The molecule has 3 rings (SSSR count). The average Bonchev–Trinajstić information content (AvgIpc) is 2.86. The number of fused-ring (bicyclic) bond motifs is 1. The van der Waals surface area contributed by atoms with Gasteiger partial charge >= 0.3 is 12.0 Å². The molecule has 3 amide bonds. The third kappa shape index (κ3) is 8.92. The highest BCUT2D eigenvalue weighted by molar-refractivity contribution is 5.99. The first-order valence-corrected chi connectivity index (χ1v) is 13.7. The predicted molar refractivity (Wildman–Crippen MR) is 146 cm³/mol. The molecule has 1 aliphatic heterocycles. The Bertz CT molecular complexity index is 1010. The van der Waals surface area contributed by atoms with Crippen LogP contribution in [0.3, 0.4) is 0 Å². The summed E-state index contributed by atoms with van der Waals surface area (Å²) in [4.78, 5) is 45.5. The van der Waals surface area contributed by atoms with Gasteiger partial charge in [0.1, 0.15) is 17.9 Å². The van der Waals surface area contributed by atoms with Crippen LogP contribution < -0.4 is 15.4 Å². The number of carbonyl (C=O) groups is 3. The summed E-state index contributed by atoms with van der Waals surface area (Å²) in [5.41, 5.74) is 0.928. The molecule has 1 aromatic rings. The van der Waals surface area contributed by atoms with E-state index in [1.54, 1.807) is 4.90 Å². The second-order valence-corrected chi connectivity index (χ2v) is 10.9. The molecule has 10 nitrogen and oxygen atoms in total. The zero-order valence-electron chi connectivity index (χ0n) is 23.5. The number of aliphatic imine (C=N–C) groups is 1. The molecule has 0 atom stereocenters. The van der Waals surface area contributed by atoms with Crippen LogP contribution in [0.15, 0.2) is 23.2 Å². The molecule has 0 unspecified atom stereocenters. The van der Waals surface area contributed by atoms with Gasteiger partial charge in [-0.05, 0) is 65.2 Å². The van der Waals surface area contributed by atoms with Crippen molar-refractivity contribution < 1.29 is 23.9 Å². The fourth-order valence-corrected chi connectivity index (χ4v) is 4.69. The first-order valence-electron chi connectivity index (χ1n) is 13.7. The molecule has 0 saturated heterocycles. The summed E-state index contributed by atoms with van der Waals surface area (Å²) < 4.78 is 11.4. The minimum absolute atomic E-state index is 0.0658. The van der Waals surface area contributed by atoms with Crippen molar-refractivity contribution >= 4 is 29.6 Å². The molecule has 210 valence electrons. The maximum Gasteiger partial charge on any atom is 0.326 e. The molecule has 2 aliphatic rings. The molecule has 1 fully saturated rings. The number of rotatable bonds is 9. The first kappa shape index (κ1) is 29.3. The van der Waals surface area contributed by atoms with E-state index in [1.807, 2.05) is 57.8 Å². The van der Waals surface area contributed by atoms with Crippen LogP contribution in [0.1, 0.15) is 78.2 Å². The summed E-state index contributed by atoms with van der Waals surface area (Å²) in [5.74, 6) is 0.708. The van der Waals surface area contributed by atoms with E-state index in [1.165, 1.54) is 19.3 Å². The van der Waals surface area contributed by atoms with Gasteiger partial charge in [-0.15, -0.1) is 0 Å². The van der Waals surface area contributed by atoms with Crippen molar-refractivity contribution in [2.75, 3.05) is 26.7 Å². The van der Waals surface area contributed by atoms with Crippen LogP contribution in [0.25, 0.3) is 0 Å². The second kappa shape index (κ2) is 13.5. The van der Waals surface area contributed by atoms with Gasteiger partial charge in [0, 0.05) is 38.2 Å². The number of hydrogen-bond acceptors (Lipinski definition) is 7. The number of hydrogen-bond donors (Lipinski definition) is 2. The normalized spacial score (nSPS) is 15.7. The van der Waals surface area contributed by atoms with Crippen LogP contribution in [0.5, 0.6) is 5.75 Å². The molecule has 0 aromatic heterocycles. The van der Waals surface area contributed by atoms with E-state index < -0.39 is 17.6 Å². The zero-order chi connectivity index (χ0) is 27.7. The number of ether oxygens (including phenoxy) is 2. The van der Waals surface area contributed by atoms with Gasteiger partial charge in [-0.3, -0.25) is 14.9 Å². The molecule has 2 N–H and O–H groups in total. The fourth-order valence-electron chi connectivity index (χ4n) is 4.69. The SMILES string of the molecule is CCNC(=O)NC1=Nc2ccc(OCCCC(=O)N(C)C3CCCCC3)cc2CN1CC(=O)OC(C)(C)C. The molecular formula is C28H43N5O5. The van der Waals surface area contributed by atoms with Crippen molar-refractivity contribution in [3.8, 4) is 5.75 Å². The largest absolute Gasteiger partial charge is 0.494 e. The quantitative estimate of drug-likeness (QED) is 0.368. The molecule has 10 heteroatoms. The van der Waals surface area contributed by atoms with Crippen LogP contribution in [0, 0.1) is 0 Å². The van der Waals surface area contributed by atoms with Gasteiger partial charge in [-0.1, -0.05) is 19.3 Å². The van der Waals surface area contributed by atoms with E-state index in [9.17, 15) is 14.4 Å². The van der Waals surface area contributed by atoms with Crippen LogP contribution in [-0.2, 0) is 20.9 Å². The highest BCUT2D eigenvalue weighted by Crippen LogP contribution is 2.30. The van der Waals surface area contributed by atoms with E-state index in [4.69, 9.17) is 9.47 Å². The Morgan fingerprint density at radius 3 is 2.58 bits per heavy atom. The predicted octanol–water partition coefficient (Wildman–Crippen LogP) is 4.10. The summed E-state index contributed by atoms with van der Waals surface area (Å²) in [5, 5.41) is 5.41. The van der Waals surface area contributed by atoms with Crippen LogP contribution in [0.2, 0.25) is 0 Å². The van der Waals surface area contributed by atoms with Gasteiger partial charge in [-0.25, -0.2) is 9.79 Å². The number of nitrogens with one attached hydrogen (secondary N) is 2. The number of esters is 1. The van der Waals surface area contributed by atoms with Crippen LogP contribution in [0.4, 0.5) is 10.5 Å². The molecule has 1 saturated carbocycles. The lowest BCUT2D eigenvalue weighted by Gasteiger charge is -2.31. The Morgan fingerprint density at radius 1 is 1.16 bits per heavy atom.